The lowest BCUT2D eigenvalue weighted by Crippen LogP contribution is -2.51. The maximum Gasteiger partial charge on any atom is 0.324 e. The molecule has 0 aromatic heterocycles. The molecular weight excluding hydrogens is 252 g/mol. The van der Waals surface area contributed by atoms with Gasteiger partial charge in [0.1, 0.15) is 6.04 Å². The van der Waals surface area contributed by atoms with E-state index in [2.05, 4.69) is 17.1 Å². The molecular formula is C16H30N2O2. The number of fused-ring (bicyclic) bond motifs is 1. The molecule has 1 heterocycles. The summed E-state index contributed by atoms with van der Waals surface area (Å²) in [4.78, 5) is 14.3. The number of piperidine rings is 1. The Morgan fingerprint density at radius 2 is 2.05 bits per heavy atom. The Balaban J connectivity index is 1.84. The third-order valence-electron chi connectivity index (χ3n) is 4.94. The molecule has 20 heavy (non-hydrogen) atoms. The number of rotatable bonds is 6. The first-order valence-electron chi connectivity index (χ1n) is 8.28. The van der Waals surface area contributed by atoms with Gasteiger partial charge in [0.05, 0.1) is 7.11 Å². The number of hydrogen-bond donors (Lipinski definition) is 1. The summed E-state index contributed by atoms with van der Waals surface area (Å²) >= 11 is 0. The Kier molecular flexibility index (Phi) is 6.30. The monoisotopic (exact) mass is 282 g/mol. The lowest BCUT2D eigenvalue weighted by Gasteiger charge is -2.42. The fraction of sp³-hybridized carbons (Fsp3) is 0.938. The summed E-state index contributed by atoms with van der Waals surface area (Å²) in [6.45, 7) is 6.11. The van der Waals surface area contributed by atoms with Crippen LogP contribution in [0.5, 0.6) is 0 Å². The van der Waals surface area contributed by atoms with Crippen molar-refractivity contribution in [2.24, 2.45) is 11.8 Å². The molecule has 2 rings (SSSR count). The molecule has 0 aromatic carbocycles. The van der Waals surface area contributed by atoms with Gasteiger partial charge in [-0.3, -0.25) is 4.79 Å². The van der Waals surface area contributed by atoms with E-state index in [4.69, 9.17) is 4.74 Å². The molecule has 0 aromatic rings. The second-order valence-electron chi connectivity index (χ2n) is 6.38. The van der Waals surface area contributed by atoms with Gasteiger partial charge in [-0.05, 0) is 44.2 Å². The quantitative estimate of drug-likeness (QED) is 0.757. The molecule has 0 amide bonds. The summed E-state index contributed by atoms with van der Waals surface area (Å²) in [6.07, 6.45) is 7.97. The van der Waals surface area contributed by atoms with Crippen molar-refractivity contribution in [2.45, 2.75) is 51.5 Å². The van der Waals surface area contributed by atoms with E-state index in [0.717, 1.165) is 37.9 Å². The zero-order valence-electron chi connectivity index (χ0n) is 13.1. The van der Waals surface area contributed by atoms with Crippen LogP contribution in [0.1, 0.15) is 45.4 Å². The Hall–Kier alpha value is -0.610. The van der Waals surface area contributed by atoms with Crippen molar-refractivity contribution < 1.29 is 9.53 Å². The van der Waals surface area contributed by atoms with Gasteiger partial charge < -0.3 is 15.0 Å². The molecule has 2 aliphatic rings. The van der Waals surface area contributed by atoms with Crippen molar-refractivity contribution in [3.8, 4) is 0 Å². The number of nitrogens with one attached hydrogen (secondary N) is 1. The third-order valence-corrected chi connectivity index (χ3v) is 4.94. The highest BCUT2D eigenvalue weighted by atomic mass is 16.5. The first-order valence-corrected chi connectivity index (χ1v) is 8.28. The predicted molar refractivity (Wildman–Crippen MR) is 80.6 cm³/mol. The van der Waals surface area contributed by atoms with Gasteiger partial charge in [-0.25, -0.2) is 0 Å². The number of esters is 1. The van der Waals surface area contributed by atoms with Gasteiger partial charge in [0.15, 0.2) is 0 Å². The molecule has 4 heteroatoms. The van der Waals surface area contributed by atoms with Crippen molar-refractivity contribution in [3.05, 3.63) is 0 Å². The fourth-order valence-corrected chi connectivity index (χ4v) is 3.78. The van der Waals surface area contributed by atoms with Gasteiger partial charge in [-0.2, -0.15) is 0 Å². The van der Waals surface area contributed by atoms with Crippen molar-refractivity contribution in [1.82, 2.24) is 10.2 Å². The van der Waals surface area contributed by atoms with Crippen molar-refractivity contribution >= 4 is 5.97 Å². The highest BCUT2D eigenvalue weighted by Gasteiger charge is 2.32. The molecule has 0 radical (unpaired) electrons. The van der Waals surface area contributed by atoms with Crippen LogP contribution < -0.4 is 5.32 Å². The molecule has 1 aliphatic carbocycles. The minimum atomic E-state index is -0.167. The van der Waals surface area contributed by atoms with Crippen molar-refractivity contribution in [2.75, 3.05) is 33.3 Å². The van der Waals surface area contributed by atoms with E-state index in [-0.39, 0.29) is 12.0 Å². The first kappa shape index (κ1) is 15.8. The average Bonchev–Trinajstić information content (AvgIpc) is 2.50. The zero-order valence-corrected chi connectivity index (χ0v) is 13.1. The summed E-state index contributed by atoms with van der Waals surface area (Å²) < 4.78 is 4.93. The topological polar surface area (TPSA) is 41.6 Å². The van der Waals surface area contributed by atoms with Gasteiger partial charge in [0.25, 0.3) is 0 Å². The van der Waals surface area contributed by atoms with Crippen LogP contribution in [0.2, 0.25) is 0 Å². The molecule has 2 fully saturated rings. The highest BCUT2D eigenvalue weighted by molar-refractivity contribution is 5.75. The maximum absolute atomic E-state index is 11.9. The van der Waals surface area contributed by atoms with Crippen LogP contribution in [-0.2, 0) is 9.53 Å². The van der Waals surface area contributed by atoms with E-state index < -0.39 is 0 Å². The second kappa shape index (κ2) is 7.99. The molecule has 4 nitrogen and oxygen atoms in total. The molecule has 0 spiro atoms. The minimum Gasteiger partial charge on any atom is -0.468 e. The lowest BCUT2D eigenvalue weighted by atomic mass is 9.75. The minimum absolute atomic E-state index is 0.121. The van der Waals surface area contributed by atoms with E-state index >= 15 is 0 Å². The van der Waals surface area contributed by atoms with Crippen LogP contribution in [0.3, 0.4) is 0 Å². The normalized spacial score (nSPS) is 28.7. The fourth-order valence-electron chi connectivity index (χ4n) is 3.78. The van der Waals surface area contributed by atoms with E-state index in [1.54, 1.807) is 0 Å². The maximum atomic E-state index is 11.9. The van der Waals surface area contributed by atoms with Crippen LogP contribution >= 0.6 is 0 Å². The number of carbonyl (C=O) groups is 1. The number of methoxy groups -OCH3 is 1. The number of hydrogen-bond acceptors (Lipinski definition) is 4. The Morgan fingerprint density at radius 1 is 1.30 bits per heavy atom. The standard InChI is InChI=1S/C16H30N2O2/c1-3-9-17-15(16(19)20-2)12-18-10-8-13-6-4-5-7-14(13)11-18/h13-15,17H,3-12H2,1-2H3. The van der Waals surface area contributed by atoms with E-state index in [1.807, 2.05) is 0 Å². The largest absolute Gasteiger partial charge is 0.468 e. The van der Waals surface area contributed by atoms with Crippen molar-refractivity contribution in [1.29, 1.82) is 0 Å². The smallest absolute Gasteiger partial charge is 0.324 e. The number of likely N-dealkylation sites (tertiary alicyclic amines) is 1. The van der Waals surface area contributed by atoms with Gasteiger partial charge in [0, 0.05) is 13.1 Å². The first-order chi connectivity index (χ1) is 9.74. The molecule has 1 N–H and O–H groups in total. The number of ether oxygens (including phenoxy) is 1. The van der Waals surface area contributed by atoms with E-state index in [0.29, 0.717) is 0 Å². The summed E-state index contributed by atoms with van der Waals surface area (Å²) in [5.41, 5.74) is 0. The zero-order chi connectivity index (χ0) is 14.4. The molecule has 1 saturated carbocycles. The average molecular weight is 282 g/mol. The lowest BCUT2D eigenvalue weighted by molar-refractivity contribution is -0.143. The van der Waals surface area contributed by atoms with Crippen LogP contribution in [-0.4, -0.2) is 50.2 Å². The summed E-state index contributed by atoms with van der Waals surface area (Å²) in [5.74, 6) is 1.69. The van der Waals surface area contributed by atoms with Crippen LogP contribution in [0, 0.1) is 11.8 Å². The predicted octanol–water partition coefficient (Wildman–Crippen LogP) is 2.04. The van der Waals surface area contributed by atoms with E-state index in [9.17, 15) is 4.79 Å². The van der Waals surface area contributed by atoms with Gasteiger partial charge >= 0.3 is 5.97 Å². The van der Waals surface area contributed by atoms with Gasteiger partial charge in [-0.1, -0.05) is 26.2 Å². The molecule has 3 unspecified atom stereocenters. The van der Waals surface area contributed by atoms with Crippen LogP contribution in [0.4, 0.5) is 0 Å². The Morgan fingerprint density at radius 3 is 2.75 bits per heavy atom. The van der Waals surface area contributed by atoms with Gasteiger partial charge in [0.2, 0.25) is 0 Å². The van der Waals surface area contributed by atoms with Crippen LogP contribution in [0.15, 0.2) is 0 Å². The second-order valence-corrected chi connectivity index (χ2v) is 6.38. The molecule has 1 aliphatic heterocycles. The number of nitrogens with zero attached hydrogens (tertiary/aromatic N) is 1. The Labute approximate surface area is 123 Å². The number of carbonyl (C=O) groups excluding carboxylic acids is 1. The molecule has 3 atom stereocenters. The molecule has 116 valence electrons. The highest BCUT2D eigenvalue weighted by Crippen LogP contribution is 2.35. The van der Waals surface area contributed by atoms with Gasteiger partial charge in [-0.15, -0.1) is 0 Å². The summed E-state index contributed by atoms with van der Waals surface area (Å²) in [7, 11) is 1.48. The van der Waals surface area contributed by atoms with E-state index in [1.165, 1.54) is 45.8 Å². The Bertz CT molecular complexity index is 309. The van der Waals surface area contributed by atoms with Crippen LogP contribution in [0.25, 0.3) is 0 Å². The molecule has 1 saturated heterocycles. The summed E-state index contributed by atoms with van der Waals surface area (Å²) in [5, 5.41) is 3.32. The van der Waals surface area contributed by atoms with Crippen molar-refractivity contribution in [3.63, 3.8) is 0 Å². The summed E-state index contributed by atoms with van der Waals surface area (Å²) in [6, 6.07) is -0.167. The SMILES string of the molecule is CCCNC(CN1CCC2CCCCC2C1)C(=O)OC. The third kappa shape index (κ3) is 4.19. The molecule has 0 bridgehead atoms.